The van der Waals surface area contributed by atoms with E-state index in [1.807, 2.05) is 30.3 Å². The zero-order valence-corrected chi connectivity index (χ0v) is 14.4. The Kier molecular flexibility index (Phi) is 6.53. The van der Waals surface area contributed by atoms with Gasteiger partial charge in [0, 0.05) is 13.7 Å². The maximum atomic E-state index is 12.3. The molecule has 1 N–H and O–H groups in total. The van der Waals surface area contributed by atoms with Crippen LogP contribution in [0.2, 0.25) is 0 Å². The summed E-state index contributed by atoms with van der Waals surface area (Å²) in [6.07, 6.45) is 0.617. The zero-order chi connectivity index (χ0) is 18.2. The maximum Gasteiger partial charge on any atom is 0.363 e. The number of carbonyl (C=O) groups excluding carboxylic acids is 2. The molecule has 0 saturated carbocycles. The quantitative estimate of drug-likeness (QED) is 0.570. The summed E-state index contributed by atoms with van der Waals surface area (Å²) in [4.78, 5) is 24.2. The highest BCUT2D eigenvalue weighted by Gasteiger charge is 2.24. The molecule has 2 aromatic rings. The first-order valence-corrected chi connectivity index (χ1v) is 7.73. The standard InChI is InChI=1S/C17H21N3O5/c1-12(16(21)18-9-10-23-2)25-17(22)15-14(24-3)11-20(19-15)13-7-5-4-6-8-13/h4-8,11-12H,9-10H2,1-3H3,(H,18,21)/t12-/m0/s1. The van der Waals surface area contributed by atoms with Crippen molar-refractivity contribution < 1.29 is 23.8 Å². The van der Waals surface area contributed by atoms with Crippen LogP contribution in [0, 0.1) is 0 Å². The van der Waals surface area contributed by atoms with Gasteiger partial charge in [-0.1, -0.05) is 18.2 Å². The lowest BCUT2D eigenvalue weighted by atomic mass is 10.3. The summed E-state index contributed by atoms with van der Waals surface area (Å²) in [6.45, 7) is 2.20. The fourth-order valence-electron chi connectivity index (χ4n) is 2.05. The Morgan fingerprint density at radius 3 is 2.60 bits per heavy atom. The summed E-state index contributed by atoms with van der Waals surface area (Å²) in [5.41, 5.74) is 0.771. The molecule has 0 saturated heterocycles. The molecule has 0 aliphatic heterocycles. The van der Waals surface area contributed by atoms with Crippen molar-refractivity contribution in [2.45, 2.75) is 13.0 Å². The van der Waals surface area contributed by atoms with Crippen LogP contribution in [0.1, 0.15) is 17.4 Å². The number of benzene rings is 1. The van der Waals surface area contributed by atoms with Crippen molar-refractivity contribution in [3.63, 3.8) is 0 Å². The molecule has 0 unspecified atom stereocenters. The second-order valence-electron chi connectivity index (χ2n) is 5.16. The third-order valence-electron chi connectivity index (χ3n) is 3.37. The number of hydrogen-bond acceptors (Lipinski definition) is 6. The molecule has 0 spiro atoms. The van der Waals surface area contributed by atoms with Crippen molar-refractivity contribution in [3.05, 3.63) is 42.2 Å². The van der Waals surface area contributed by atoms with Gasteiger partial charge in [0.25, 0.3) is 5.91 Å². The monoisotopic (exact) mass is 347 g/mol. The average Bonchev–Trinajstić information content (AvgIpc) is 3.07. The summed E-state index contributed by atoms with van der Waals surface area (Å²) in [6, 6.07) is 9.27. The second-order valence-corrected chi connectivity index (χ2v) is 5.16. The Morgan fingerprint density at radius 2 is 1.96 bits per heavy atom. The molecule has 8 nitrogen and oxygen atoms in total. The van der Waals surface area contributed by atoms with Crippen LogP contribution in [0.3, 0.4) is 0 Å². The van der Waals surface area contributed by atoms with E-state index in [4.69, 9.17) is 14.2 Å². The fraction of sp³-hybridized carbons (Fsp3) is 0.353. The van der Waals surface area contributed by atoms with Gasteiger partial charge in [0.2, 0.25) is 5.69 Å². The highest BCUT2D eigenvalue weighted by molar-refractivity contribution is 5.92. The van der Waals surface area contributed by atoms with E-state index in [1.165, 1.54) is 25.8 Å². The highest BCUT2D eigenvalue weighted by atomic mass is 16.6. The molecule has 0 aliphatic rings. The molecule has 0 aliphatic carbocycles. The summed E-state index contributed by atoms with van der Waals surface area (Å²) in [5, 5.41) is 6.81. The predicted octanol–water partition coefficient (Wildman–Crippen LogP) is 1.19. The lowest BCUT2D eigenvalue weighted by Crippen LogP contribution is -2.37. The van der Waals surface area contributed by atoms with Crippen molar-refractivity contribution in [2.24, 2.45) is 0 Å². The minimum atomic E-state index is -0.962. The third kappa shape index (κ3) is 4.80. The molecule has 0 radical (unpaired) electrons. The minimum Gasteiger partial charge on any atom is -0.493 e. The van der Waals surface area contributed by atoms with Crippen LogP contribution in [0.5, 0.6) is 5.75 Å². The van der Waals surface area contributed by atoms with Crippen LogP contribution < -0.4 is 10.1 Å². The molecule has 1 amide bonds. The van der Waals surface area contributed by atoms with Gasteiger partial charge < -0.3 is 19.5 Å². The number of ether oxygens (including phenoxy) is 3. The number of amides is 1. The SMILES string of the molecule is COCCNC(=O)[C@H](C)OC(=O)c1nn(-c2ccccc2)cc1OC. The first-order valence-electron chi connectivity index (χ1n) is 7.73. The van der Waals surface area contributed by atoms with Gasteiger partial charge in [-0.3, -0.25) is 4.79 Å². The predicted molar refractivity (Wildman–Crippen MR) is 89.9 cm³/mol. The topological polar surface area (TPSA) is 91.7 Å². The molecule has 1 atom stereocenters. The lowest BCUT2D eigenvalue weighted by Gasteiger charge is -2.12. The van der Waals surface area contributed by atoms with Crippen molar-refractivity contribution in [1.82, 2.24) is 15.1 Å². The van der Waals surface area contributed by atoms with Gasteiger partial charge >= 0.3 is 5.97 Å². The van der Waals surface area contributed by atoms with Crippen LogP contribution >= 0.6 is 0 Å². The van der Waals surface area contributed by atoms with Crippen molar-refractivity contribution in [3.8, 4) is 11.4 Å². The van der Waals surface area contributed by atoms with Gasteiger partial charge in [-0.25, -0.2) is 9.48 Å². The van der Waals surface area contributed by atoms with E-state index in [1.54, 1.807) is 6.20 Å². The number of carbonyl (C=O) groups is 2. The zero-order valence-electron chi connectivity index (χ0n) is 14.4. The molecule has 2 rings (SSSR count). The van der Waals surface area contributed by atoms with E-state index >= 15 is 0 Å². The first-order chi connectivity index (χ1) is 12.1. The van der Waals surface area contributed by atoms with Gasteiger partial charge in [0.15, 0.2) is 11.9 Å². The largest absolute Gasteiger partial charge is 0.493 e. The number of esters is 1. The maximum absolute atomic E-state index is 12.3. The molecule has 1 aromatic carbocycles. The van der Waals surface area contributed by atoms with Gasteiger partial charge in [0.05, 0.1) is 25.6 Å². The Bertz CT molecular complexity index is 714. The molecule has 134 valence electrons. The Morgan fingerprint density at radius 1 is 1.24 bits per heavy atom. The van der Waals surface area contributed by atoms with E-state index in [0.29, 0.717) is 13.2 Å². The van der Waals surface area contributed by atoms with E-state index in [0.717, 1.165) is 5.69 Å². The van der Waals surface area contributed by atoms with Gasteiger partial charge in [0.1, 0.15) is 0 Å². The Balaban J connectivity index is 2.08. The molecule has 8 heteroatoms. The average molecular weight is 347 g/mol. The van der Waals surface area contributed by atoms with Crippen LogP contribution in [-0.2, 0) is 14.3 Å². The fourth-order valence-corrected chi connectivity index (χ4v) is 2.05. The Hall–Kier alpha value is -2.87. The number of rotatable bonds is 8. The number of aromatic nitrogens is 2. The molecule has 1 heterocycles. The molecule has 1 aromatic heterocycles. The highest BCUT2D eigenvalue weighted by Crippen LogP contribution is 2.20. The van der Waals surface area contributed by atoms with Crippen molar-refractivity contribution >= 4 is 11.9 Å². The summed E-state index contributed by atoms with van der Waals surface area (Å²) in [5.74, 6) is -0.881. The van der Waals surface area contributed by atoms with Crippen LogP contribution in [0.15, 0.2) is 36.5 Å². The number of methoxy groups -OCH3 is 2. The molecule has 0 bridgehead atoms. The Labute approximate surface area is 145 Å². The van der Waals surface area contributed by atoms with Crippen molar-refractivity contribution in [1.29, 1.82) is 0 Å². The summed E-state index contributed by atoms with van der Waals surface area (Å²) < 4.78 is 16.7. The van der Waals surface area contributed by atoms with E-state index in [9.17, 15) is 9.59 Å². The number of nitrogens with one attached hydrogen (secondary N) is 1. The molecule has 25 heavy (non-hydrogen) atoms. The number of para-hydroxylation sites is 1. The summed E-state index contributed by atoms with van der Waals surface area (Å²) in [7, 11) is 2.97. The number of hydrogen-bond donors (Lipinski definition) is 1. The van der Waals surface area contributed by atoms with Crippen LogP contribution in [-0.4, -0.2) is 55.1 Å². The second kappa shape index (κ2) is 8.84. The third-order valence-corrected chi connectivity index (χ3v) is 3.37. The van der Waals surface area contributed by atoms with Gasteiger partial charge in [-0.2, -0.15) is 5.10 Å². The molecular formula is C17H21N3O5. The normalized spacial score (nSPS) is 11.6. The van der Waals surface area contributed by atoms with Crippen molar-refractivity contribution in [2.75, 3.05) is 27.4 Å². The smallest absolute Gasteiger partial charge is 0.363 e. The van der Waals surface area contributed by atoms with E-state index < -0.39 is 18.0 Å². The van der Waals surface area contributed by atoms with Crippen LogP contribution in [0.4, 0.5) is 0 Å². The molecular weight excluding hydrogens is 326 g/mol. The first kappa shape index (κ1) is 18.5. The minimum absolute atomic E-state index is 0.00268. The van der Waals surface area contributed by atoms with Gasteiger partial charge in [-0.15, -0.1) is 0 Å². The lowest BCUT2D eigenvalue weighted by molar-refractivity contribution is -0.129. The molecule has 0 fully saturated rings. The van der Waals surface area contributed by atoms with E-state index in [2.05, 4.69) is 10.4 Å². The van der Waals surface area contributed by atoms with Crippen LogP contribution in [0.25, 0.3) is 5.69 Å². The van der Waals surface area contributed by atoms with E-state index in [-0.39, 0.29) is 11.4 Å². The summed E-state index contributed by atoms with van der Waals surface area (Å²) >= 11 is 0. The number of nitrogens with zero attached hydrogens (tertiary/aromatic N) is 2. The van der Waals surface area contributed by atoms with Gasteiger partial charge in [-0.05, 0) is 19.1 Å².